The first-order valence-corrected chi connectivity index (χ1v) is 6.26. The number of sulfone groups is 1. The number of anilines is 1. The van der Waals surface area contributed by atoms with Crippen LogP contribution in [0.15, 0.2) is 18.3 Å². The molecule has 1 fully saturated rings. The van der Waals surface area contributed by atoms with Crippen LogP contribution in [-0.2, 0) is 14.6 Å². The van der Waals surface area contributed by atoms with Crippen LogP contribution in [0.25, 0.3) is 0 Å². The van der Waals surface area contributed by atoms with E-state index < -0.39 is 14.6 Å². The van der Waals surface area contributed by atoms with Crippen molar-refractivity contribution in [1.29, 1.82) is 0 Å². The van der Waals surface area contributed by atoms with Gasteiger partial charge in [-0.25, -0.2) is 8.42 Å². The maximum absolute atomic E-state index is 11.5. The number of nitrogens with two attached hydrogens (primary N) is 1. The highest BCUT2D eigenvalue weighted by Gasteiger charge is 2.54. The lowest BCUT2D eigenvalue weighted by Crippen LogP contribution is -2.20. The van der Waals surface area contributed by atoms with Crippen molar-refractivity contribution in [2.45, 2.75) is 17.6 Å². The monoisotopic (exact) mass is 212 g/mol. The Balaban J connectivity index is 2.46. The molecule has 76 valence electrons. The first-order valence-electron chi connectivity index (χ1n) is 4.37. The Bertz CT molecular complexity index is 446. The molecule has 1 aromatic heterocycles. The first kappa shape index (κ1) is 9.45. The van der Waals surface area contributed by atoms with Crippen molar-refractivity contribution in [3.8, 4) is 0 Å². The van der Waals surface area contributed by atoms with Crippen LogP contribution in [0.3, 0.4) is 0 Å². The molecule has 2 rings (SSSR count). The van der Waals surface area contributed by atoms with E-state index in [0.29, 0.717) is 24.2 Å². The zero-order chi connectivity index (χ0) is 10.4. The molecule has 0 aromatic carbocycles. The second-order valence-electron chi connectivity index (χ2n) is 3.74. The van der Waals surface area contributed by atoms with Gasteiger partial charge in [-0.15, -0.1) is 0 Å². The van der Waals surface area contributed by atoms with Gasteiger partial charge in [0.2, 0.25) is 0 Å². The molecule has 5 heteroatoms. The molecule has 1 aromatic rings. The molecule has 0 radical (unpaired) electrons. The summed E-state index contributed by atoms with van der Waals surface area (Å²) in [6.07, 6.45) is 4.10. The lowest BCUT2D eigenvalue weighted by Gasteiger charge is -2.11. The maximum Gasteiger partial charge on any atom is 0.158 e. The lowest BCUT2D eigenvalue weighted by molar-refractivity contribution is 0.584. The van der Waals surface area contributed by atoms with E-state index in [9.17, 15) is 8.42 Å². The number of pyridine rings is 1. The Morgan fingerprint density at radius 2 is 2.07 bits per heavy atom. The smallest absolute Gasteiger partial charge is 0.158 e. The predicted octanol–water partition coefficient (Wildman–Crippen LogP) is 0.698. The van der Waals surface area contributed by atoms with Crippen LogP contribution in [0.5, 0.6) is 0 Å². The van der Waals surface area contributed by atoms with Gasteiger partial charge in [-0.05, 0) is 25.0 Å². The summed E-state index contributed by atoms with van der Waals surface area (Å²) in [4.78, 5) is 4.07. The minimum absolute atomic E-state index is 0.554. The average Bonchev–Trinajstić information content (AvgIpc) is 2.84. The summed E-state index contributed by atoms with van der Waals surface area (Å²) < 4.78 is 22.3. The topological polar surface area (TPSA) is 73.0 Å². The number of hydrogen-bond acceptors (Lipinski definition) is 4. The molecule has 1 heterocycles. The second-order valence-corrected chi connectivity index (χ2v) is 6.07. The van der Waals surface area contributed by atoms with E-state index in [1.165, 1.54) is 12.5 Å². The van der Waals surface area contributed by atoms with Crippen molar-refractivity contribution in [1.82, 2.24) is 4.98 Å². The van der Waals surface area contributed by atoms with Gasteiger partial charge in [0.05, 0.1) is 17.6 Å². The van der Waals surface area contributed by atoms with E-state index in [1.807, 2.05) is 0 Å². The van der Waals surface area contributed by atoms with Crippen LogP contribution in [0, 0.1) is 0 Å². The van der Waals surface area contributed by atoms with Crippen LogP contribution in [0.4, 0.5) is 5.69 Å². The van der Waals surface area contributed by atoms with E-state index >= 15 is 0 Å². The minimum Gasteiger partial charge on any atom is -0.397 e. The lowest BCUT2D eigenvalue weighted by atomic mass is 10.2. The molecule has 0 saturated heterocycles. The zero-order valence-corrected chi connectivity index (χ0v) is 8.71. The van der Waals surface area contributed by atoms with Gasteiger partial charge in [-0.3, -0.25) is 4.98 Å². The molecular formula is C9H12N2O2S. The Hall–Kier alpha value is -1.10. The Morgan fingerprint density at radius 3 is 2.43 bits per heavy atom. The predicted molar refractivity (Wildman–Crippen MR) is 54.4 cm³/mol. The number of nitrogen functional groups attached to an aromatic ring is 1. The second kappa shape index (κ2) is 2.70. The van der Waals surface area contributed by atoms with E-state index in [1.54, 1.807) is 12.1 Å². The van der Waals surface area contributed by atoms with Gasteiger partial charge in [-0.2, -0.15) is 0 Å². The van der Waals surface area contributed by atoms with Gasteiger partial charge in [-0.1, -0.05) is 0 Å². The molecule has 1 aliphatic rings. The van der Waals surface area contributed by atoms with Crippen molar-refractivity contribution < 1.29 is 8.42 Å². The summed E-state index contributed by atoms with van der Waals surface area (Å²) in [7, 11) is -3.06. The summed E-state index contributed by atoms with van der Waals surface area (Å²) in [6, 6.07) is 3.39. The van der Waals surface area contributed by atoms with Crippen LogP contribution >= 0.6 is 0 Å². The van der Waals surface area contributed by atoms with Crippen molar-refractivity contribution in [3.05, 3.63) is 24.0 Å². The molecule has 0 atom stereocenters. The molecule has 4 nitrogen and oxygen atoms in total. The van der Waals surface area contributed by atoms with Crippen LogP contribution in [-0.4, -0.2) is 19.7 Å². The summed E-state index contributed by atoms with van der Waals surface area (Å²) in [5, 5.41) is 0. The molecular weight excluding hydrogens is 200 g/mol. The molecule has 0 spiro atoms. The fourth-order valence-corrected chi connectivity index (χ4v) is 2.95. The zero-order valence-electron chi connectivity index (χ0n) is 7.90. The largest absolute Gasteiger partial charge is 0.397 e. The number of rotatable bonds is 2. The van der Waals surface area contributed by atoms with Crippen LogP contribution in [0.1, 0.15) is 18.5 Å². The summed E-state index contributed by atoms with van der Waals surface area (Å²) in [5.41, 5.74) is 6.66. The minimum atomic E-state index is -3.06. The summed E-state index contributed by atoms with van der Waals surface area (Å²) >= 11 is 0. The summed E-state index contributed by atoms with van der Waals surface area (Å²) in [6.45, 7) is 0. The van der Waals surface area contributed by atoms with Gasteiger partial charge in [0, 0.05) is 6.26 Å². The van der Waals surface area contributed by atoms with Crippen molar-refractivity contribution in [2.75, 3.05) is 12.0 Å². The third-order valence-electron chi connectivity index (χ3n) is 2.67. The molecule has 0 amide bonds. The number of hydrogen-bond donors (Lipinski definition) is 1. The van der Waals surface area contributed by atoms with Gasteiger partial charge in [0.25, 0.3) is 0 Å². The van der Waals surface area contributed by atoms with Crippen molar-refractivity contribution >= 4 is 15.5 Å². The van der Waals surface area contributed by atoms with Gasteiger partial charge in [0.15, 0.2) is 9.84 Å². The molecule has 0 aliphatic heterocycles. The average molecular weight is 212 g/mol. The third-order valence-corrected chi connectivity index (χ3v) is 4.70. The SMILES string of the molecule is CS(=O)(=O)C1(c2ccc(N)cn2)CC1. The Labute approximate surface area is 83.1 Å². The molecule has 1 saturated carbocycles. The normalized spacial score (nSPS) is 19.2. The molecule has 2 N–H and O–H groups in total. The number of nitrogens with zero attached hydrogens (tertiary/aromatic N) is 1. The highest BCUT2D eigenvalue weighted by atomic mass is 32.2. The number of aromatic nitrogens is 1. The molecule has 0 unspecified atom stereocenters. The fraction of sp³-hybridized carbons (Fsp3) is 0.444. The van der Waals surface area contributed by atoms with Gasteiger partial charge in [0.1, 0.15) is 4.75 Å². The molecule has 14 heavy (non-hydrogen) atoms. The Kier molecular flexibility index (Phi) is 1.82. The first-order chi connectivity index (χ1) is 6.46. The Morgan fingerprint density at radius 1 is 1.43 bits per heavy atom. The van der Waals surface area contributed by atoms with E-state index in [4.69, 9.17) is 5.73 Å². The van der Waals surface area contributed by atoms with Crippen molar-refractivity contribution in [3.63, 3.8) is 0 Å². The van der Waals surface area contributed by atoms with E-state index in [2.05, 4.69) is 4.98 Å². The third kappa shape index (κ3) is 1.28. The summed E-state index contributed by atoms with van der Waals surface area (Å²) in [5.74, 6) is 0. The van der Waals surface area contributed by atoms with E-state index in [0.717, 1.165) is 0 Å². The van der Waals surface area contributed by atoms with Crippen LogP contribution in [0.2, 0.25) is 0 Å². The highest BCUT2D eigenvalue weighted by molar-refractivity contribution is 7.91. The highest BCUT2D eigenvalue weighted by Crippen LogP contribution is 2.51. The van der Waals surface area contributed by atoms with Gasteiger partial charge >= 0.3 is 0 Å². The standard InChI is InChI=1S/C9H12N2O2S/c1-14(12,13)9(4-5-9)8-3-2-7(10)6-11-8/h2-3,6H,4-5,10H2,1H3. The van der Waals surface area contributed by atoms with E-state index in [-0.39, 0.29) is 0 Å². The quantitative estimate of drug-likeness (QED) is 0.783. The molecule has 1 aliphatic carbocycles. The molecule has 0 bridgehead atoms. The van der Waals surface area contributed by atoms with Crippen molar-refractivity contribution in [2.24, 2.45) is 0 Å². The van der Waals surface area contributed by atoms with Crippen LogP contribution < -0.4 is 5.73 Å². The maximum atomic E-state index is 11.5. The van der Waals surface area contributed by atoms with Gasteiger partial charge < -0.3 is 5.73 Å². The fourth-order valence-electron chi connectivity index (χ4n) is 1.61.